The first-order valence-electron chi connectivity index (χ1n) is 15.7. The third-order valence-corrected chi connectivity index (χ3v) is 8.68. The van der Waals surface area contributed by atoms with E-state index >= 15 is 0 Å². The van der Waals surface area contributed by atoms with Crippen molar-refractivity contribution in [1.82, 2.24) is 4.90 Å². The molecule has 1 aliphatic rings. The van der Waals surface area contributed by atoms with Crippen LogP contribution in [0.1, 0.15) is 109 Å². The van der Waals surface area contributed by atoms with Gasteiger partial charge in [-0.3, -0.25) is 4.79 Å². The highest BCUT2D eigenvalue weighted by atomic mass is 32.2. The zero-order chi connectivity index (χ0) is 29.3. The summed E-state index contributed by atoms with van der Waals surface area (Å²) in [6.45, 7) is 8.10. The van der Waals surface area contributed by atoms with Crippen molar-refractivity contribution in [2.75, 3.05) is 24.5 Å². The molecule has 2 aromatic rings. The van der Waals surface area contributed by atoms with Crippen LogP contribution in [0.3, 0.4) is 0 Å². The first kappa shape index (κ1) is 32.9. The molecule has 0 bridgehead atoms. The van der Waals surface area contributed by atoms with Gasteiger partial charge in [0.1, 0.15) is 0 Å². The molecule has 41 heavy (non-hydrogen) atoms. The Morgan fingerprint density at radius 3 is 2.02 bits per heavy atom. The molecule has 6 heteroatoms. The second kappa shape index (κ2) is 18.8. The van der Waals surface area contributed by atoms with Gasteiger partial charge in [-0.25, -0.2) is 0 Å². The standard InChI is InChI=1S/C35H52N2O3S/c1-5-6-7-8-9-10-11-12-13-14-15-16-23-40-34-22-19-32(24-35(34)39-4)27-37(30(3)38)33-20-17-31(18-21-33)26-36-25-29(2)41-28-36/h17-22,24-25H,5-16,23,26-28H2,1-4H3. The van der Waals surface area contributed by atoms with Gasteiger partial charge in [-0.15, -0.1) is 11.8 Å². The normalized spacial score (nSPS) is 12.9. The number of rotatable bonds is 20. The third kappa shape index (κ3) is 12.0. The van der Waals surface area contributed by atoms with E-state index in [1.54, 1.807) is 18.9 Å². The smallest absolute Gasteiger partial charge is 0.224 e. The molecule has 0 saturated carbocycles. The topological polar surface area (TPSA) is 42.0 Å². The minimum atomic E-state index is 0.0125. The molecule has 0 unspecified atom stereocenters. The summed E-state index contributed by atoms with van der Waals surface area (Å²) in [5, 5.41) is 0. The highest BCUT2D eigenvalue weighted by Gasteiger charge is 2.15. The van der Waals surface area contributed by atoms with Crippen LogP contribution in [0.2, 0.25) is 0 Å². The zero-order valence-electron chi connectivity index (χ0n) is 26.0. The second-order valence-corrected chi connectivity index (χ2v) is 12.4. The van der Waals surface area contributed by atoms with Crippen LogP contribution >= 0.6 is 11.8 Å². The molecule has 1 aliphatic heterocycles. The number of thioether (sulfide) groups is 1. The minimum Gasteiger partial charge on any atom is -0.493 e. The molecule has 0 aromatic heterocycles. The number of ether oxygens (including phenoxy) is 2. The van der Waals surface area contributed by atoms with Gasteiger partial charge in [0.2, 0.25) is 5.91 Å². The summed E-state index contributed by atoms with van der Waals surface area (Å²) in [4.78, 5) is 18.0. The second-order valence-electron chi connectivity index (χ2n) is 11.3. The van der Waals surface area contributed by atoms with Crippen molar-refractivity contribution >= 4 is 23.4 Å². The van der Waals surface area contributed by atoms with E-state index < -0.39 is 0 Å². The lowest BCUT2D eigenvalue weighted by molar-refractivity contribution is -0.116. The molecule has 0 fully saturated rings. The summed E-state index contributed by atoms with van der Waals surface area (Å²) < 4.78 is 11.7. The van der Waals surface area contributed by atoms with Crippen LogP contribution in [-0.2, 0) is 17.9 Å². The number of hydrogen-bond donors (Lipinski definition) is 0. The van der Waals surface area contributed by atoms with Crippen molar-refractivity contribution in [3.8, 4) is 11.5 Å². The number of anilines is 1. The molecule has 0 saturated heterocycles. The van der Waals surface area contributed by atoms with Crippen molar-refractivity contribution in [3.63, 3.8) is 0 Å². The Labute approximate surface area is 253 Å². The summed E-state index contributed by atoms with van der Waals surface area (Å²) in [6.07, 6.45) is 18.2. The summed E-state index contributed by atoms with van der Waals surface area (Å²) in [6, 6.07) is 14.3. The van der Waals surface area contributed by atoms with E-state index in [0.717, 1.165) is 35.8 Å². The number of benzene rings is 2. The minimum absolute atomic E-state index is 0.0125. The molecule has 226 valence electrons. The monoisotopic (exact) mass is 580 g/mol. The average Bonchev–Trinajstić information content (AvgIpc) is 3.39. The maximum atomic E-state index is 12.6. The molecular formula is C35H52N2O3S. The number of hydrogen-bond acceptors (Lipinski definition) is 5. The zero-order valence-corrected chi connectivity index (χ0v) is 26.8. The summed E-state index contributed by atoms with van der Waals surface area (Å²) in [5.74, 6) is 2.49. The Kier molecular flexibility index (Phi) is 15.1. The van der Waals surface area contributed by atoms with Gasteiger partial charge < -0.3 is 19.3 Å². The van der Waals surface area contributed by atoms with Gasteiger partial charge in [0, 0.05) is 25.4 Å². The lowest BCUT2D eigenvalue weighted by Gasteiger charge is -2.23. The van der Waals surface area contributed by atoms with E-state index in [9.17, 15) is 4.79 Å². The van der Waals surface area contributed by atoms with E-state index in [4.69, 9.17) is 9.47 Å². The van der Waals surface area contributed by atoms with Gasteiger partial charge >= 0.3 is 0 Å². The highest BCUT2D eigenvalue weighted by molar-refractivity contribution is 8.03. The number of nitrogens with zero attached hydrogens (tertiary/aromatic N) is 2. The fourth-order valence-corrected chi connectivity index (χ4v) is 6.00. The Balaban J connectivity index is 1.40. The molecule has 0 spiro atoms. The summed E-state index contributed by atoms with van der Waals surface area (Å²) in [5.41, 5.74) is 3.14. The molecular weight excluding hydrogens is 528 g/mol. The summed E-state index contributed by atoms with van der Waals surface area (Å²) in [7, 11) is 1.67. The van der Waals surface area contributed by atoms with Crippen LogP contribution in [0.25, 0.3) is 0 Å². The van der Waals surface area contributed by atoms with Crippen molar-refractivity contribution < 1.29 is 14.3 Å². The molecule has 2 aromatic carbocycles. The van der Waals surface area contributed by atoms with Gasteiger partial charge in [0.25, 0.3) is 0 Å². The van der Waals surface area contributed by atoms with Crippen LogP contribution in [0.4, 0.5) is 5.69 Å². The lowest BCUT2D eigenvalue weighted by Crippen LogP contribution is -2.27. The fourth-order valence-electron chi connectivity index (χ4n) is 5.25. The fraction of sp³-hybridized carbons (Fsp3) is 0.571. The number of methoxy groups -OCH3 is 1. The van der Waals surface area contributed by atoms with Crippen LogP contribution in [0.5, 0.6) is 11.5 Å². The summed E-state index contributed by atoms with van der Waals surface area (Å²) >= 11 is 1.87. The van der Waals surface area contributed by atoms with Crippen LogP contribution in [-0.4, -0.2) is 30.4 Å². The van der Waals surface area contributed by atoms with E-state index in [-0.39, 0.29) is 5.91 Å². The highest BCUT2D eigenvalue weighted by Crippen LogP contribution is 2.30. The van der Waals surface area contributed by atoms with Crippen LogP contribution < -0.4 is 14.4 Å². The Morgan fingerprint density at radius 2 is 1.46 bits per heavy atom. The third-order valence-electron chi connectivity index (χ3n) is 7.66. The van der Waals surface area contributed by atoms with Crippen molar-refractivity contribution in [3.05, 3.63) is 64.7 Å². The molecule has 1 amide bonds. The largest absolute Gasteiger partial charge is 0.493 e. The van der Waals surface area contributed by atoms with E-state index in [0.29, 0.717) is 18.9 Å². The Bertz CT molecular complexity index is 1070. The molecule has 0 N–H and O–H groups in total. The van der Waals surface area contributed by atoms with Gasteiger partial charge in [-0.05, 0) is 53.6 Å². The predicted octanol–water partition coefficient (Wildman–Crippen LogP) is 9.70. The molecule has 3 rings (SSSR count). The van der Waals surface area contributed by atoms with E-state index in [1.807, 2.05) is 42.1 Å². The molecule has 0 radical (unpaired) electrons. The first-order chi connectivity index (χ1) is 20.0. The van der Waals surface area contributed by atoms with Crippen molar-refractivity contribution in [2.45, 2.75) is 111 Å². The van der Waals surface area contributed by atoms with Gasteiger partial charge in [0.05, 0.1) is 26.1 Å². The number of carbonyl (C=O) groups excluding carboxylic acids is 1. The van der Waals surface area contributed by atoms with E-state index in [1.165, 1.54) is 81.1 Å². The Morgan fingerprint density at radius 1 is 0.854 bits per heavy atom. The van der Waals surface area contributed by atoms with Crippen molar-refractivity contribution in [1.29, 1.82) is 0 Å². The number of allylic oxidation sites excluding steroid dienone is 1. The Hall–Kier alpha value is -2.60. The van der Waals surface area contributed by atoms with Gasteiger partial charge in [0.15, 0.2) is 11.5 Å². The van der Waals surface area contributed by atoms with Crippen LogP contribution in [0.15, 0.2) is 53.6 Å². The molecule has 0 atom stereocenters. The maximum absolute atomic E-state index is 12.6. The average molecular weight is 581 g/mol. The quantitative estimate of drug-likeness (QED) is 0.146. The maximum Gasteiger partial charge on any atom is 0.224 e. The number of amides is 1. The van der Waals surface area contributed by atoms with Crippen molar-refractivity contribution in [2.24, 2.45) is 0 Å². The molecule has 0 aliphatic carbocycles. The van der Waals surface area contributed by atoms with Gasteiger partial charge in [-0.1, -0.05) is 95.8 Å². The SMILES string of the molecule is CCCCCCCCCCCCCCOc1ccc(CN(C(C)=O)c2ccc(CN3C=C(C)SC3)cc2)cc1OC. The van der Waals surface area contributed by atoms with Crippen LogP contribution in [0, 0.1) is 0 Å². The van der Waals surface area contributed by atoms with Gasteiger partial charge in [-0.2, -0.15) is 0 Å². The predicted molar refractivity (Wildman–Crippen MR) is 175 cm³/mol. The molecule has 1 heterocycles. The first-order valence-corrected chi connectivity index (χ1v) is 16.7. The lowest BCUT2D eigenvalue weighted by atomic mass is 10.1. The van der Waals surface area contributed by atoms with E-state index in [2.05, 4.69) is 37.1 Å². The number of unbranched alkanes of at least 4 members (excludes halogenated alkanes) is 11. The molecule has 5 nitrogen and oxygen atoms in total. The number of carbonyl (C=O) groups is 1.